The predicted molar refractivity (Wildman–Crippen MR) is 115 cm³/mol. The van der Waals surface area contributed by atoms with Gasteiger partial charge in [0, 0.05) is 6.54 Å². The monoisotopic (exact) mass is 407 g/mol. The number of hydrogen-bond donors (Lipinski definition) is 1. The van der Waals surface area contributed by atoms with Gasteiger partial charge < -0.3 is 10.1 Å². The van der Waals surface area contributed by atoms with Crippen LogP contribution < -0.4 is 21.3 Å². The van der Waals surface area contributed by atoms with Crippen LogP contribution in [0.15, 0.2) is 52.1 Å². The molecule has 0 fully saturated rings. The summed E-state index contributed by atoms with van der Waals surface area (Å²) in [5.41, 5.74) is 2.38. The highest BCUT2D eigenvalue weighted by molar-refractivity contribution is 5.81. The highest BCUT2D eigenvalue weighted by Crippen LogP contribution is 2.25. The zero-order valence-electron chi connectivity index (χ0n) is 17.0. The van der Waals surface area contributed by atoms with Crippen LogP contribution in [0.3, 0.4) is 0 Å². The van der Waals surface area contributed by atoms with Crippen molar-refractivity contribution < 1.29 is 9.53 Å². The maximum atomic E-state index is 12.7. The van der Waals surface area contributed by atoms with Crippen molar-refractivity contribution in [1.29, 1.82) is 0 Å². The van der Waals surface area contributed by atoms with E-state index in [0.717, 1.165) is 23.2 Å². The zero-order valence-corrected chi connectivity index (χ0v) is 17.0. The molecule has 0 unspecified atom stereocenters. The van der Waals surface area contributed by atoms with Gasteiger partial charge in [-0.2, -0.15) is 0 Å². The van der Waals surface area contributed by atoms with Crippen LogP contribution in [0.25, 0.3) is 10.9 Å². The molecule has 0 aliphatic heterocycles. The Balaban J connectivity index is 1.40. The van der Waals surface area contributed by atoms with Gasteiger partial charge in [-0.15, -0.1) is 0 Å². The van der Waals surface area contributed by atoms with E-state index in [-0.39, 0.29) is 24.6 Å². The number of rotatable bonds is 7. The first-order chi connectivity index (χ1) is 14.6. The third kappa shape index (κ3) is 3.87. The van der Waals surface area contributed by atoms with Gasteiger partial charge in [0.1, 0.15) is 18.9 Å². The quantitative estimate of drug-likeness (QED) is 0.606. The van der Waals surface area contributed by atoms with Crippen molar-refractivity contribution in [2.45, 2.75) is 39.3 Å². The van der Waals surface area contributed by atoms with Gasteiger partial charge in [-0.25, -0.2) is 4.79 Å². The molecule has 1 heterocycles. The van der Waals surface area contributed by atoms with E-state index in [1.807, 2.05) is 6.07 Å². The van der Waals surface area contributed by atoms with Crippen molar-refractivity contribution in [2.24, 2.45) is 0 Å². The van der Waals surface area contributed by atoms with Gasteiger partial charge in [0.05, 0.1) is 17.4 Å². The molecular formula is C23H25N3O4. The van der Waals surface area contributed by atoms with Crippen LogP contribution in [-0.4, -0.2) is 28.2 Å². The molecule has 1 amide bonds. The van der Waals surface area contributed by atoms with Crippen molar-refractivity contribution in [1.82, 2.24) is 14.5 Å². The van der Waals surface area contributed by atoms with Gasteiger partial charge >= 0.3 is 5.69 Å². The van der Waals surface area contributed by atoms with E-state index in [2.05, 4.69) is 17.4 Å². The van der Waals surface area contributed by atoms with Crippen molar-refractivity contribution in [3.63, 3.8) is 0 Å². The third-order valence-corrected chi connectivity index (χ3v) is 5.51. The SMILES string of the molecule is CCn1c(=O)c2ccccc2n(CC(=O)NCCOc2ccc3c(c2)CCC3)c1=O. The average Bonchev–Trinajstić information content (AvgIpc) is 3.22. The van der Waals surface area contributed by atoms with Gasteiger partial charge in [0.15, 0.2) is 0 Å². The average molecular weight is 407 g/mol. The largest absolute Gasteiger partial charge is 0.492 e. The van der Waals surface area contributed by atoms with E-state index in [9.17, 15) is 14.4 Å². The lowest BCUT2D eigenvalue weighted by Crippen LogP contribution is -2.42. The van der Waals surface area contributed by atoms with Crippen molar-refractivity contribution in [3.8, 4) is 5.75 Å². The fourth-order valence-electron chi connectivity index (χ4n) is 4.00. The summed E-state index contributed by atoms with van der Waals surface area (Å²) in [6.07, 6.45) is 3.41. The van der Waals surface area contributed by atoms with Crippen LogP contribution in [0.5, 0.6) is 5.75 Å². The van der Waals surface area contributed by atoms with Crippen molar-refractivity contribution in [3.05, 3.63) is 74.4 Å². The fraction of sp³-hybridized carbons (Fsp3) is 0.348. The lowest BCUT2D eigenvalue weighted by atomic mass is 10.1. The number of para-hydroxylation sites is 1. The second-order valence-electron chi connectivity index (χ2n) is 7.42. The normalized spacial score (nSPS) is 12.7. The van der Waals surface area contributed by atoms with Gasteiger partial charge in [-0.1, -0.05) is 18.2 Å². The molecule has 30 heavy (non-hydrogen) atoms. The van der Waals surface area contributed by atoms with E-state index < -0.39 is 5.69 Å². The molecule has 1 N–H and O–H groups in total. The summed E-state index contributed by atoms with van der Waals surface area (Å²) in [5.74, 6) is 0.503. The molecular weight excluding hydrogens is 382 g/mol. The minimum absolute atomic E-state index is 0.154. The second kappa shape index (κ2) is 8.57. The molecule has 1 aliphatic carbocycles. The molecule has 4 rings (SSSR count). The number of aryl methyl sites for hydroxylation is 2. The minimum atomic E-state index is -0.481. The molecule has 3 aromatic rings. The molecule has 1 aliphatic rings. The maximum Gasteiger partial charge on any atom is 0.331 e. The topological polar surface area (TPSA) is 82.3 Å². The smallest absolute Gasteiger partial charge is 0.331 e. The molecule has 2 aromatic carbocycles. The summed E-state index contributed by atoms with van der Waals surface area (Å²) in [4.78, 5) is 37.6. The molecule has 0 saturated heterocycles. The first-order valence-corrected chi connectivity index (χ1v) is 10.3. The number of fused-ring (bicyclic) bond motifs is 2. The van der Waals surface area contributed by atoms with Gasteiger partial charge in [0.25, 0.3) is 5.56 Å². The second-order valence-corrected chi connectivity index (χ2v) is 7.42. The maximum absolute atomic E-state index is 12.7. The van der Waals surface area contributed by atoms with E-state index >= 15 is 0 Å². The molecule has 7 nitrogen and oxygen atoms in total. The Kier molecular flexibility index (Phi) is 5.70. The fourth-order valence-corrected chi connectivity index (χ4v) is 4.00. The van der Waals surface area contributed by atoms with Crippen LogP contribution >= 0.6 is 0 Å². The molecule has 0 atom stereocenters. The number of amides is 1. The minimum Gasteiger partial charge on any atom is -0.492 e. The zero-order chi connectivity index (χ0) is 21.1. The van der Waals surface area contributed by atoms with E-state index in [4.69, 9.17) is 4.74 Å². The standard InChI is InChI=1S/C23H25N3O4/c1-2-25-22(28)19-8-3-4-9-20(19)26(23(25)29)15-21(27)24-12-13-30-18-11-10-16-6-5-7-17(16)14-18/h3-4,8-11,14H,2,5-7,12-13,15H2,1H3,(H,24,27). The Bertz CT molecular complexity index is 1210. The van der Waals surface area contributed by atoms with E-state index in [1.165, 1.54) is 22.1 Å². The number of ether oxygens (including phenoxy) is 1. The highest BCUT2D eigenvalue weighted by Gasteiger charge is 2.14. The van der Waals surface area contributed by atoms with Crippen LogP contribution in [0, 0.1) is 0 Å². The number of carbonyl (C=O) groups excluding carboxylic acids is 1. The molecule has 1 aromatic heterocycles. The van der Waals surface area contributed by atoms with Crippen LogP contribution in [0.4, 0.5) is 0 Å². The summed E-state index contributed by atoms with van der Waals surface area (Å²) in [6.45, 7) is 2.50. The molecule has 0 spiro atoms. The van der Waals surface area contributed by atoms with Gasteiger partial charge in [0.2, 0.25) is 5.91 Å². The highest BCUT2D eigenvalue weighted by atomic mass is 16.5. The number of nitrogens with one attached hydrogen (secondary N) is 1. The summed E-state index contributed by atoms with van der Waals surface area (Å²) < 4.78 is 8.24. The number of aromatic nitrogens is 2. The van der Waals surface area contributed by atoms with Crippen LogP contribution in [-0.2, 0) is 30.7 Å². The van der Waals surface area contributed by atoms with Gasteiger partial charge in [-0.3, -0.25) is 18.7 Å². The van der Waals surface area contributed by atoms with E-state index in [0.29, 0.717) is 24.1 Å². The van der Waals surface area contributed by atoms with Crippen molar-refractivity contribution in [2.75, 3.05) is 13.2 Å². The third-order valence-electron chi connectivity index (χ3n) is 5.51. The lowest BCUT2D eigenvalue weighted by molar-refractivity contribution is -0.121. The van der Waals surface area contributed by atoms with Crippen LogP contribution in [0.1, 0.15) is 24.5 Å². The Labute approximate surface area is 173 Å². The Morgan fingerprint density at radius 3 is 2.70 bits per heavy atom. The Morgan fingerprint density at radius 2 is 1.87 bits per heavy atom. The summed E-state index contributed by atoms with van der Waals surface area (Å²) in [6, 6.07) is 13.0. The Hall–Kier alpha value is -3.35. The number of hydrogen-bond acceptors (Lipinski definition) is 4. The first kappa shape index (κ1) is 19.9. The molecule has 0 saturated carbocycles. The predicted octanol–water partition coefficient (Wildman–Crippen LogP) is 1.87. The number of nitrogens with zero attached hydrogens (tertiary/aromatic N) is 2. The van der Waals surface area contributed by atoms with E-state index in [1.54, 1.807) is 31.2 Å². The van der Waals surface area contributed by atoms with Gasteiger partial charge in [-0.05, 0) is 61.6 Å². The molecule has 0 radical (unpaired) electrons. The molecule has 156 valence electrons. The van der Waals surface area contributed by atoms with Crippen LogP contribution in [0.2, 0.25) is 0 Å². The first-order valence-electron chi connectivity index (χ1n) is 10.3. The molecule has 7 heteroatoms. The van der Waals surface area contributed by atoms with Crippen molar-refractivity contribution >= 4 is 16.8 Å². The summed E-state index contributed by atoms with van der Waals surface area (Å²) in [5, 5.41) is 3.21. The number of carbonyl (C=O) groups is 1. The number of benzene rings is 2. The summed E-state index contributed by atoms with van der Waals surface area (Å²) >= 11 is 0. The molecule has 0 bridgehead atoms. The summed E-state index contributed by atoms with van der Waals surface area (Å²) in [7, 11) is 0. The lowest BCUT2D eigenvalue weighted by Gasteiger charge is -2.13. The Morgan fingerprint density at radius 1 is 1.07 bits per heavy atom.